The molecule has 0 aromatic heterocycles. The van der Waals surface area contributed by atoms with Crippen LogP contribution in [0.15, 0.2) is 125 Å². The van der Waals surface area contributed by atoms with E-state index in [1.54, 1.807) is 0 Å². The maximum absolute atomic E-state index is 6.54. The fourth-order valence-corrected chi connectivity index (χ4v) is 4.69. The number of para-hydroxylation sites is 2. The number of aryl methyl sites for hydroxylation is 2. The molecule has 4 aromatic rings. The van der Waals surface area contributed by atoms with Crippen molar-refractivity contribution in [3.63, 3.8) is 0 Å². The van der Waals surface area contributed by atoms with Gasteiger partial charge in [-0.15, -0.1) is 0 Å². The number of rotatable bonds is 4. The Bertz CT molecular complexity index is 1730. The monoisotopic (exact) mass is 466 g/mol. The van der Waals surface area contributed by atoms with Crippen molar-refractivity contribution in [3.8, 4) is 22.5 Å². The van der Waals surface area contributed by atoms with Gasteiger partial charge in [0.05, 0.1) is 11.0 Å². The number of hydrogen-bond donors (Lipinski definition) is 1. The molecule has 0 saturated heterocycles. The molecule has 0 fully saturated rings. The van der Waals surface area contributed by atoms with E-state index in [-0.39, 0.29) is 0 Å². The minimum atomic E-state index is 0.812. The molecule has 1 heterocycles. The smallest absolute Gasteiger partial charge is 0.137 e. The number of nitrogens with zero attached hydrogens (tertiary/aromatic N) is 1. The Morgan fingerprint density at radius 1 is 0.611 bits per heavy atom. The van der Waals surface area contributed by atoms with Crippen molar-refractivity contribution in [1.82, 2.24) is 0 Å². The van der Waals surface area contributed by atoms with Crippen LogP contribution in [0.3, 0.4) is 0 Å². The molecule has 3 nitrogen and oxygen atoms in total. The summed E-state index contributed by atoms with van der Waals surface area (Å²) in [6, 6.07) is 39.4. The highest BCUT2D eigenvalue weighted by Gasteiger charge is 2.18. The number of fused-ring (bicyclic) bond motifs is 2. The van der Waals surface area contributed by atoms with Gasteiger partial charge in [-0.05, 0) is 73.0 Å². The first-order valence-corrected chi connectivity index (χ1v) is 12.1. The Hall–Kier alpha value is -4.63. The largest absolute Gasteiger partial charge is 0.456 e. The number of benzene rings is 5. The van der Waals surface area contributed by atoms with Crippen LogP contribution in [0.1, 0.15) is 11.1 Å². The molecule has 0 saturated carbocycles. The molecular formula is C33H26N2O. The summed E-state index contributed by atoms with van der Waals surface area (Å²) in [5.41, 5.74) is 9.64. The second kappa shape index (κ2) is 9.20. The molecule has 0 bridgehead atoms. The van der Waals surface area contributed by atoms with Crippen molar-refractivity contribution in [1.29, 1.82) is 0 Å². The van der Waals surface area contributed by atoms with Gasteiger partial charge < -0.3 is 9.73 Å². The molecule has 6 rings (SSSR count). The molecule has 36 heavy (non-hydrogen) atoms. The lowest BCUT2D eigenvalue weighted by atomic mass is 9.91. The van der Waals surface area contributed by atoms with Crippen molar-refractivity contribution >= 4 is 28.0 Å². The summed E-state index contributed by atoms with van der Waals surface area (Å²) in [6.07, 6.45) is 0. The average molecular weight is 467 g/mol. The van der Waals surface area contributed by atoms with E-state index in [1.165, 1.54) is 16.7 Å². The molecule has 4 aromatic carbocycles. The van der Waals surface area contributed by atoms with Crippen LogP contribution in [0, 0.1) is 13.8 Å². The van der Waals surface area contributed by atoms with E-state index in [0.29, 0.717) is 0 Å². The quantitative estimate of drug-likeness (QED) is 0.264. The van der Waals surface area contributed by atoms with Crippen molar-refractivity contribution in [2.45, 2.75) is 13.8 Å². The Labute approximate surface area is 210 Å². The average Bonchev–Trinajstić information content (AvgIpc) is 2.90. The standard InChI is InChI=1S/C33H26N2O/c1-22-10-6-8-14-27(22)33-28-18-16-25(34-24-12-4-3-5-13-24)20-31(28)36-32-21-26(17-19-29(32)33)35-30-15-9-7-11-23(30)2/h3-21,34H,1-2H3. The third-order valence-electron chi connectivity index (χ3n) is 6.55. The zero-order valence-corrected chi connectivity index (χ0v) is 20.3. The highest BCUT2D eigenvalue weighted by molar-refractivity contribution is 6.03. The minimum Gasteiger partial charge on any atom is -0.456 e. The van der Waals surface area contributed by atoms with Gasteiger partial charge in [0.15, 0.2) is 0 Å². The van der Waals surface area contributed by atoms with Gasteiger partial charge in [0.1, 0.15) is 11.3 Å². The predicted octanol–water partition coefficient (Wildman–Crippen LogP) is 8.80. The summed E-state index contributed by atoms with van der Waals surface area (Å²) in [5.74, 6) is 0.812. The van der Waals surface area contributed by atoms with Crippen molar-refractivity contribution in [3.05, 3.63) is 132 Å². The first-order valence-electron chi connectivity index (χ1n) is 12.1. The fourth-order valence-electron chi connectivity index (χ4n) is 4.69. The fraction of sp³-hybridized carbons (Fsp3) is 0.0606. The summed E-state index contributed by atoms with van der Waals surface area (Å²) in [7, 11) is 0. The van der Waals surface area contributed by atoms with Crippen LogP contribution in [0.2, 0.25) is 0 Å². The van der Waals surface area contributed by atoms with Gasteiger partial charge in [-0.25, -0.2) is 4.99 Å². The van der Waals surface area contributed by atoms with Gasteiger partial charge in [-0.1, -0.05) is 60.7 Å². The Morgan fingerprint density at radius 2 is 1.36 bits per heavy atom. The molecular weight excluding hydrogens is 440 g/mol. The maximum Gasteiger partial charge on any atom is 0.137 e. The van der Waals surface area contributed by atoms with E-state index in [0.717, 1.165) is 50.3 Å². The third kappa shape index (κ3) is 4.16. The molecule has 1 aliphatic heterocycles. The van der Waals surface area contributed by atoms with Gasteiger partial charge >= 0.3 is 0 Å². The van der Waals surface area contributed by atoms with Gasteiger partial charge in [0.25, 0.3) is 0 Å². The van der Waals surface area contributed by atoms with Gasteiger partial charge in [-0.3, -0.25) is 0 Å². The van der Waals surface area contributed by atoms with Crippen LogP contribution in [-0.2, 0) is 0 Å². The third-order valence-corrected chi connectivity index (χ3v) is 6.55. The summed E-state index contributed by atoms with van der Waals surface area (Å²) in [6.45, 7) is 4.24. The summed E-state index contributed by atoms with van der Waals surface area (Å²) in [5, 5.41) is 5.44. The molecule has 3 heteroatoms. The minimum absolute atomic E-state index is 0.812. The lowest BCUT2D eigenvalue weighted by Crippen LogP contribution is -2.03. The first kappa shape index (κ1) is 21.9. The molecule has 0 spiro atoms. The zero-order valence-electron chi connectivity index (χ0n) is 20.3. The summed E-state index contributed by atoms with van der Waals surface area (Å²) >= 11 is 0. The molecule has 1 N–H and O–H groups in total. The van der Waals surface area contributed by atoms with E-state index in [9.17, 15) is 0 Å². The second-order valence-corrected chi connectivity index (χ2v) is 9.07. The summed E-state index contributed by atoms with van der Waals surface area (Å²) in [4.78, 5) is 4.89. The summed E-state index contributed by atoms with van der Waals surface area (Å²) < 4.78 is 6.54. The van der Waals surface area contributed by atoms with Gasteiger partial charge in [0.2, 0.25) is 0 Å². The molecule has 1 aliphatic carbocycles. The van der Waals surface area contributed by atoms with Crippen LogP contribution in [0.4, 0.5) is 17.1 Å². The van der Waals surface area contributed by atoms with Crippen LogP contribution in [0.25, 0.3) is 33.4 Å². The van der Waals surface area contributed by atoms with Crippen molar-refractivity contribution < 1.29 is 4.42 Å². The highest BCUT2D eigenvalue weighted by atomic mass is 16.3. The number of hydrogen-bond acceptors (Lipinski definition) is 3. The highest BCUT2D eigenvalue weighted by Crippen LogP contribution is 2.41. The van der Waals surface area contributed by atoms with E-state index < -0.39 is 0 Å². The predicted molar refractivity (Wildman–Crippen MR) is 149 cm³/mol. The van der Waals surface area contributed by atoms with Gasteiger partial charge in [0, 0.05) is 40.0 Å². The first-order chi connectivity index (χ1) is 17.7. The van der Waals surface area contributed by atoms with E-state index in [2.05, 4.69) is 92.0 Å². The van der Waals surface area contributed by atoms with Crippen LogP contribution >= 0.6 is 0 Å². The zero-order chi connectivity index (χ0) is 24.5. The SMILES string of the molecule is Cc1ccccc1N=c1ccc2c(-c3ccccc3C)c3ccc(Nc4ccccc4)cc3oc-2c1. The molecule has 0 amide bonds. The molecule has 174 valence electrons. The lowest BCUT2D eigenvalue weighted by Gasteiger charge is -2.17. The van der Waals surface area contributed by atoms with E-state index >= 15 is 0 Å². The normalized spacial score (nSPS) is 11.8. The van der Waals surface area contributed by atoms with Crippen molar-refractivity contribution in [2.24, 2.45) is 4.99 Å². The number of anilines is 2. The Balaban J connectivity index is 1.59. The van der Waals surface area contributed by atoms with E-state index in [4.69, 9.17) is 9.41 Å². The Morgan fingerprint density at radius 3 is 2.17 bits per heavy atom. The molecule has 0 unspecified atom stereocenters. The van der Waals surface area contributed by atoms with Crippen LogP contribution < -0.4 is 10.7 Å². The second-order valence-electron chi connectivity index (χ2n) is 9.07. The van der Waals surface area contributed by atoms with Crippen LogP contribution in [0.5, 0.6) is 0 Å². The molecule has 2 aliphatic rings. The maximum atomic E-state index is 6.54. The molecule has 0 radical (unpaired) electrons. The lowest BCUT2D eigenvalue weighted by molar-refractivity contribution is 0.619. The van der Waals surface area contributed by atoms with Gasteiger partial charge in [-0.2, -0.15) is 0 Å². The van der Waals surface area contributed by atoms with E-state index in [1.807, 2.05) is 42.5 Å². The van der Waals surface area contributed by atoms with Crippen molar-refractivity contribution in [2.75, 3.05) is 5.32 Å². The Kier molecular flexibility index (Phi) is 5.59. The topological polar surface area (TPSA) is 37.5 Å². The molecule has 0 atom stereocenters. The van der Waals surface area contributed by atoms with Crippen LogP contribution in [-0.4, -0.2) is 0 Å². The number of nitrogens with one attached hydrogen (secondary N) is 1.